The Bertz CT molecular complexity index is 549. The topological polar surface area (TPSA) is 105 Å². The highest BCUT2D eigenvalue weighted by Gasteiger charge is 2.36. The molecule has 1 aliphatic heterocycles. The van der Waals surface area contributed by atoms with Gasteiger partial charge in [0.25, 0.3) is 0 Å². The second-order valence-corrected chi connectivity index (χ2v) is 4.80. The molecule has 1 fully saturated rings. The number of rotatable bonds is 5. The molecular weight excluding hydrogens is 288 g/mol. The van der Waals surface area contributed by atoms with Crippen LogP contribution in [0.3, 0.4) is 0 Å². The van der Waals surface area contributed by atoms with E-state index in [1.165, 1.54) is 25.6 Å². The number of aromatic nitrogens is 2. The van der Waals surface area contributed by atoms with Crippen LogP contribution in [0.5, 0.6) is 0 Å². The first kappa shape index (κ1) is 15.9. The number of ether oxygens (including phenoxy) is 1. The minimum absolute atomic E-state index is 0.206. The molecule has 1 saturated heterocycles. The minimum atomic E-state index is -0.587. The number of aliphatic hydroxyl groups excluding tert-OH is 1. The highest BCUT2D eigenvalue weighted by molar-refractivity contribution is 5.86. The van der Waals surface area contributed by atoms with Crippen molar-refractivity contribution < 1.29 is 19.4 Å². The third kappa shape index (κ3) is 4.01. The zero-order chi connectivity index (χ0) is 15.9. The molecule has 0 radical (unpaired) electrons. The number of amides is 1. The van der Waals surface area contributed by atoms with E-state index in [1.54, 1.807) is 17.2 Å². The Labute approximate surface area is 127 Å². The molecule has 2 atom stereocenters. The van der Waals surface area contributed by atoms with E-state index < -0.39 is 18.1 Å². The van der Waals surface area contributed by atoms with E-state index in [0.29, 0.717) is 18.8 Å². The molecular formula is C14H18N4O4. The number of nitrogens with one attached hydrogen (secondary N) is 1. The van der Waals surface area contributed by atoms with Gasteiger partial charge in [-0.25, -0.2) is 14.8 Å². The fraction of sp³-hybridized carbons (Fsp3) is 0.429. The molecule has 0 saturated carbocycles. The predicted octanol–water partition coefficient (Wildman–Crippen LogP) is -0.738. The maximum Gasteiger partial charge on any atom is 0.330 e. The first-order chi connectivity index (χ1) is 10.6. The lowest BCUT2D eigenvalue weighted by Gasteiger charge is -2.24. The van der Waals surface area contributed by atoms with Crippen LogP contribution in [-0.2, 0) is 14.3 Å². The van der Waals surface area contributed by atoms with Crippen LogP contribution >= 0.6 is 0 Å². The van der Waals surface area contributed by atoms with Crippen molar-refractivity contribution in [3.05, 3.63) is 30.7 Å². The summed E-state index contributed by atoms with van der Waals surface area (Å²) in [5, 5.41) is 12.5. The summed E-state index contributed by atoms with van der Waals surface area (Å²) in [6, 6.07) is 1.19. The maximum atomic E-state index is 12.2. The Morgan fingerprint density at radius 3 is 3.09 bits per heavy atom. The molecule has 22 heavy (non-hydrogen) atoms. The van der Waals surface area contributed by atoms with Gasteiger partial charge in [-0.2, -0.15) is 0 Å². The average molecular weight is 306 g/mol. The molecule has 1 amide bonds. The van der Waals surface area contributed by atoms with Crippen molar-refractivity contribution in [3.8, 4) is 0 Å². The van der Waals surface area contributed by atoms with Crippen LogP contribution < -0.4 is 10.2 Å². The van der Waals surface area contributed by atoms with Crippen molar-refractivity contribution in [3.63, 3.8) is 0 Å². The molecule has 2 unspecified atom stereocenters. The first-order valence-corrected chi connectivity index (χ1v) is 6.84. The van der Waals surface area contributed by atoms with Crippen molar-refractivity contribution in [2.45, 2.75) is 18.6 Å². The SMILES string of the molecule is COC(=O)/C=C/CNC(=O)C1CC(O)CN1c1ccncn1. The van der Waals surface area contributed by atoms with Gasteiger partial charge in [-0.05, 0) is 6.07 Å². The second kappa shape index (κ2) is 7.51. The number of hydrogen-bond acceptors (Lipinski definition) is 7. The average Bonchev–Trinajstić information content (AvgIpc) is 2.94. The summed E-state index contributed by atoms with van der Waals surface area (Å²) in [4.78, 5) is 32.8. The van der Waals surface area contributed by atoms with Gasteiger partial charge in [0.1, 0.15) is 18.2 Å². The van der Waals surface area contributed by atoms with Crippen molar-refractivity contribution in [1.82, 2.24) is 15.3 Å². The number of β-amino-alcohol motifs (C(OH)–C–C–N with tert-alkyl or cyclic N) is 1. The molecule has 8 nitrogen and oxygen atoms in total. The zero-order valence-electron chi connectivity index (χ0n) is 12.2. The molecule has 2 heterocycles. The summed E-state index contributed by atoms with van der Waals surface area (Å²) in [7, 11) is 1.28. The lowest BCUT2D eigenvalue weighted by Crippen LogP contribution is -2.43. The van der Waals surface area contributed by atoms with Crippen LogP contribution in [0.25, 0.3) is 0 Å². The third-order valence-electron chi connectivity index (χ3n) is 3.29. The van der Waals surface area contributed by atoms with E-state index in [2.05, 4.69) is 20.0 Å². The van der Waals surface area contributed by atoms with Crippen LogP contribution in [0.15, 0.2) is 30.7 Å². The Balaban J connectivity index is 1.95. The second-order valence-electron chi connectivity index (χ2n) is 4.80. The van der Waals surface area contributed by atoms with E-state index in [-0.39, 0.29) is 12.5 Å². The lowest BCUT2D eigenvalue weighted by atomic mass is 10.2. The smallest absolute Gasteiger partial charge is 0.330 e. The summed E-state index contributed by atoms with van der Waals surface area (Å²) in [5.74, 6) is -0.116. The van der Waals surface area contributed by atoms with Crippen molar-refractivity contribution in [2.24, 2.45) is 0 Å². The molecule has 2 rings (SSSR count). The highest BCUT2D eigenvalue weighted by Crippen LogP contribution is 2.23. The standard InChI is InChI=1S/C14H18N4O4/c1-22-13(20)3-2-5-16-14(21)11-7-10(19)8-18(11)12-4-6-15-9-17-12/h2-4,6,9-11,19H,5,7-8H2,1H3,(H,16,21)/b3-2+. The van der Waals surface area contributed by atoms with Gasteiger partial charge in [-0.1, -0.05) is 6.08 Å². The third-order valence-corrected chi connectivity index (χ3v) is 3.29. The lowest BCUT2D eigenvalue weighted by molar-refractivity contribution is -0.134. The largest absolute Gasteiger partial charge is 0.466 e. The van der Waals surface area contributed by atoms with Crippen molar-refractivity contribution in [2.75, 3.05) is 25.1 Å². The van der Waals surface area contributed by atoms with Crippen LogP contribution in [0.4, 0.5) is 5.82 Å². The molecule has 1 aromatic rings. The van der Waals surface area contributed by atoms with E-state index >= 15 is 0 Å². The molecule has 1 aromatic heterocycles. The minimum Gasteiger partial charge on any atom is -0.466 e. The van der Waals surface area contributed by atoms with Gasteiger partial charge in [0, 0.05) is 31.8 Å². The molecule has 8 heteroatoms. The fourth-order valence-electron chi connectivity index (χ4n) is 2.27. The number of anilines is 1. The fourth-order valence-corrected chi connectivity index (χ4v) is 2.27. The Hall–Kier alpha value is -2.48. The summed E-state index contributed by atoms with van der Waals surface area (Å²) in [6.45, 7) is 0.547. The van der Waals surface area contributed by atoms with Crippen LogP contribution in [-0.4, -0.2) is 59.3 Å². The van der Waals surface area contributed by atoms with Crippen LogP contribution in [0.2, 0.25) is 0 Å². The number of nitrogens with zero attached hydrogens (tertiary/aromatic N) is 3. The van der Waals surface area contributed by atoms with Gasteiger partial charge in [-0.3, -0.25) is 4.79 Å². The van der Waals surface area contributed by atoms with Gasteiger partial charge in [0.05, 0.1) is 13.2 Å². The normalized spacial score (nSPS) is 21.1. The Kier molecular flexibility index (Phi) is 5.42. The first-order valence-electron chi connectivity index (χ1n) is 6.84. The van der Waals surface area contributed by atoms with Gasteiger partial charge < -0.3 is 20.1 Å². The number of carbonyl (C=O) groups excluding carboxylic acids is 2. The van der Waals surface area contributed by atoms with Crippen molar-refractivity contribution in [1.29, 1.82) is 0 Å². The molecule has 0 aliphatic carbocycles. The molecule has 0 spiro atoms. The van der Waals surface area contributed by atoms with E-state index in [9.17, 15) is 14.7 Å². The van der Waals surface area contributed by atoms with Gasteiger partial charge >= 0.3 is 5.97 Å². The molecule has 2 N–H and O–H groups in total. The van der Waals surface area contributed by atoms with E-state index in [0.717, 1.165) is 0 Å². The Morgan fingerprint density at radius 2 is 2.41 bits per heavy atom. The molecule has 0 bridgehead atoms. The molecule has 1 aliphatic rings. The number of hydrogen-bond donors (Lipinski definition) is 2. The number of carbonyl (C=O) groups is 2. The summed E-state index contributed by atoms with van der Waals surface area (Å²) < 4.78 is 4.45. The van der Waals surface area contributed by atoms with E-state index in [4.69, 9.17) is 0 Å². The highest BCUT2D eigenvalue weighted by atomic mass is 16.5. The molecule has 0 aromatic carbocycles. The van der Waals surface area contributed by atoms with Gasteiger partial charge in [0.2, 0.25) is 5.91 Å². The summed E-state index contributed by atoms with van der Waals surface area (Å²) in [6.07, 6.45) is 5.47. The quantitative estimate of drug-likeness (QED) is 0.545. The van der Waals surface area contributed by atoms with E-state index in [1.807, 2.05) is 0 Å². The molecule has 118 valence electrons. The number of aliphatic hydroxyl groups is 1. The summed E-state index contributed by atoms with van der Waals surface area (Å²) in [5.41, 5.74) is 0. The monoisotopic (exact) mass is 306 g/mol. The van der Waals surface area contributed by atoms with Crippen LogP contribution in [0.1, 0.15) is 6.42 Å². The number of methoxy groups -OCH3 is 1. The van der Waals surface area contributed by atoms with Crippen molar-refractivity contribution >= 4 is 17.7 Å². The zero-order valence-corrected chi connectivity index (χ0v) is 12.2. The number of esters is 1. The predicted molar refractivity (Wildman–Crippen MR) is 78.0 cm³/mol. The summed E-state index contributed by atoms with van der Waals surface area (Å²) >= 11 is 0. The van der Waals surface area contributed by atoms with Gasteiger partial charge in [0.15, 0.2) is 0 Å². The van der Waals surface area contributed by atoms with Crippen LogP contribution in [0, 0.1) is 0 Å². The Morgan fingerprint density at radius 1 is 1.59 bits per heavy atom. The van der Waals surface area contributed by atoms with Gasteiger partial charge in [-0.15, -0.1) is 0 Å². The maximum absolute atomic E-state index is 12.2.